The molecule has 0 aromatic heterocycles. The molecule has 1 fully saturated rings. The van der Waals surface area contributed by atoms with Crippen molar-refractivity contribution in [1.82, 2.24) is 0 Å². The van der Waals surface area contributed by atoms with Gasteiger partial charge in [0.25, 0.3) is 0 Å². The first-order chi connectivity index (χ1) is 6.18. The molecule has 0 amide bonds. The van der Waals surface area contributed by atoms with E-state index in [-0.39, 0.29) is 17.8 Å². The van der Waals surface area contributed by atoms with Crippen LogP contribution < -0.4 is 5.73 Å². The molecule has 0 radical (unpaired) electrons. The van der Waals surface area contributed by atoms with E-state index >= 15 is 0 Å². The summed E-state index contributed by atoms with van der Waals surface area (Å²) < 4.78 is 25.9. The number of rotatable bonds is 2. The Hall–Kier alpha value is -0.670. The van der Waals surface area contributed by atoms with Crippen LogP contribution in [0.25, 0.3) is 0 Å². The van der Waals surface area contributed by atoms with E-state index < -0.39 is 11.6 Å². The molecule has 1 aromatic rings. The lowest BCUT2D eigenvalue weighted by Gasteiger charge is -2.13. The summed E-state index contributed by atoms with van der Waals surface area (Å²) in [5, 5.41) is 0. The third kappa shape index (κ3) is 1.74. The predicted octanol–water partition coefficient (Wildman–Crippen LogP) is 2.38. The maximum Gasteiger partial charge on any atom is 0.129 e. The smallest absolute Gasteiger partial charge is 0.129 e. The summed E-state index contributed by atoms with van der Waals surface area (Å²) in [6.07, 6.45) is 1.82. The highest BCUT2D eigenvalue weighted by Crippen LogP contribution is 2.48. The van der Waals surface area contributed by atoms with Crippen molar-refractivity contribution in [3.63, 3.8) is 0 Å². The third-order valence-electron chi connectivity index (χ3n) is 2.75. The number of nitrogens with two attached hydrogens (primary N) is 1. The van der Waals surface area contributed by atoms with Crippen molar-refractivity contribution >= 4 is 12.4 Å². The second-order valence-electron chi connectivity index (χ2n) is 3.61. The fraction of sp³-hybridized carbons (Fsp3) is 0.400. The molecule has 0 aliphatic heterocycles. The van der Waals surface area contributed by atoms with Crippen molar-refractivity contribution in [3.05, 3.63) is 35.4 Å². The van der Waals surface area contributed by atoms with Crippen molar-refractivity contribution < 1.29 is 8.78 Å². The van der Waals surface area contributed by atoms with Crippen LogP contribution in [0.1, 0.15) is 18.4 Å². The highest BCUT2D eigenvalue weighted by atomic mass is 35.5. The highest BCUT2D eigenvalue weighted by molar-refractivity contribution is 5.85. The van der Waals surface area contributed by atoms with Crippen LogP contribution in [0, 0.1) is 11.6 Å². The zero-order valence-corrected chi connectivity index (χ0v) is 8.41. The summed E-state index contributed by atoms with van der Waals surface area (Å²) in [4.78, 5) is 0. The summed E-state index contributed by atoms with van der Waals surface area (Å²) in [7, 11) is 0. The molecular weight excluding hydrogens is 208 g/mol. The Balaban J connectivity index is 0.000000980. The van der Waals surface area contributed by atoms with Crippen molar-refractivity contribution in [3.8, 4) is 0 Å². The van der Waals surface area contributed by atoms with Gasteiger partial charge in [0.1, 0.15) is 11.6 Å². The molecule has 1 saturated carbocycles. The fourth-order valence-corrected chi connectivity index (χ4v) is 1.65. The number of hydrogen-bond donors (Lipinski definition) is 1. The lowest BCUT2D eigenvalue weighted by molar-refractivity contribution is 0.549. The van der Waals surface area contributed by atoms with Gasteiger partial charge in [-0.2, -0.15) is 0 Å². The Morgan fingerprint density at radius 3 is 2.36 bits per heavy atom. The zero-order valence-electron chi connectivity index (χ0n) is 7.59. The van der Waals surface area contributed by atoms with Crippen LogP contribution in [0.15, 0.2) is 18.2 Å². The van der Waals surface area contributed by atoms with E-state index in [0.29, 0.717) is 12.1 Å². The molecular formula is C10H12ClF2N. The van der Waals surface area contributed by atoms with Crippen molar-refractivity contribution in [2.24, 2.45) is 5.73 Å². The van der Waals surface area contributed by atoms with Crippen LogP contribution >= 0.6 is 12.4 Å². The lowest BCUT2D eigenvalue weighted by Crippen LogP contribution is -2.21. The van der Waals surface area contributed by atoms with E-state index in [0.717, 1.165) is 18.9 Å². The predicted molar refractivity (Wildman–Crippen MR) is 53.6 cm³/mol. The van der Waals surface area contributed by atoms with E-state index in [9.17, 15) is 8.78 Å². The van der Waals surface area contributed by atoms with Gasteiger partial charge >= 0.3 is 0 Å². The first-order valence-corrected chi connectivity index (χ1v) is 4.33. The molecule has 1 aliphatic rings. The molecule has 0 spiro atoms. The average Bonchev–Trinajstić information content (AvgIpc) is 2.85. The molecule has 2 N–H and O–H groups in total. The lowest BCUT2D eigenvalue weighted by atomic mass is 9.96. The fourth-order valence-electron chi connectivity index (χ4n) is 1.65. The first-order valence-electron chi connectivity index (χ1n) is 4.33. The zero-order chi connectivity index (χ0) is 9.47. The van der Waals surface area contributed by atoms with Crippen molar-refractivity contribution in [1.29, 1.82) is 0 Å². The molecule has 78 valence electrons. The van der Waals surface area contributed by atoms with Crippen molar-refractivity contribution in [2.45, 2.75) is 18.3 Å². The van der Waals surface area contributed by atoms with Gasteiger partial charge in [-0.3, -0.25) is 0 Å². The molecule has 1 aliphatic carbocycles. The molecule has 0 bridgehead atoms. The van der Waals surface area contributed by atoms with Crippen molar-refractivity contribution in [2.75, 3.05) is 6.54 Å². The van der Waals surface area contributed by atoms with Gasteiger partial charge in [-0.1, -0.05) is 6.07 Å². The SMILES string of the molecule is Cl.NCC1(c2ccc(F)cc2F)CC1. The number of benzene rings is 1. The molecule has 0 heterocycles. The van der Waals surface area contributed by atoms with Gasteiger partial charge in [0.05, 0.1) is 0 Å². The van der Waals surface area contributed by atoms with E-state index in [1.165, 1.54) is 12.1 Å². The molecule has 1 nitrogen and oxygen atoms in total. The Morgan fingerprint density at radius 1 is 1.29 bits per heavy atom. The standard InChI is InChI=1S/C10H11F2N.ClH/c11-7-1-2-8(9(12)5-7)10(6-13)3-4-10;/h1-2,5H,3-4,6,13H2;1H. The van der Waals surface area contributed by atoms with Gasteiger partial charge in [-0.15, -0.1) is 12.4 Å². The first kappa shape index (κ1) is 11.4. The molecule has 0 saturated heterocycles. The minimum atomic E-state index is -0.533. The second kappa shape index (κ2) is 3.83. The van der Waals surface area contributed by atoms with E-state index in [2.05, 4.69) is 0 Å². The number of hydrogen-bond acceptors (Lipinski definition) is 1. The molecule has 0 atom stereocenters. The van der Waals surface area contributed by atoms with Crippen LogP contribution in [0.2, 0.25) is 0 Å². The van der Waals surface area contributed by atoms with Gasteiger partial charge in [-0.25, -0.2) is 8.78 Å². The van der Waals surface area contributed by atoms with Gasteiger partial charge in [0.2, 0.25) is 0 Å². The molecule has 0 unspecified atom stereocenters. The summed E-state index contributed by atoms with van der Waals surface area (Å²) in [6.45, 7) is 0.440. The third-order valence-corrected chi connectivity index (χ3v) is 2.75. The molecule has 2 rings (SSSR count). The Labute approximate surface area is 87.7 Å². The van der Waals surface area contributed by atoms with Gasteiger partial charge in [-0.05, 0) is 24.5 Å². The number of halogens is 3. The van der Waals surface area contributed by atoms with E-state index in [4.69, 9.17) is 5.73 Å². The van der Waals surface area contributed by atoms with Crippen LogP contribution in [-0.4, -0.2) is 6.54 Å². The Morgan fingerprint density at radius 2 is 1.93 bits per heavy atom. The average molecular weight is 220 g/mol. The summed E-state index contributed by atoms with van der Waals surface area (Å²) in [6, 6.07) is 3.71. The van der Waals surface area contributed by atoms with Gasteiger partial charge in [0.15, 0.2) is 0 Å². The Bertz CT molecular complexity index is 337. The van der Waals surface area contributed by atoms with Gasteiger partial charge < -0.3 is 5.73 Å². The minimum absolute atomic E-state index is 0. The van der Waals surface area contributed by atoms with Crippen LogP contribution in [0.3, 0.4) is 0 Å². The van der Waals surface area contributed by atoms with Crippen LogP contribution in [-0.2, 0) is 5.41 Å². The molecule has 1 aromatic carbocycles. The van der Waals surface area contributed by atoms with E-state index in [1.807, 2.05) is 0 Å². The van der Waals surface area contributed by atoms with Crippen LogP contribution in [0.4, 0.5) is 8.78 Å². The highest BCUT2D eigenvalue weighted by Gasteiger charge is 2.44. The minimum Gasteiger partial charge on any atom is -0.330 e. The maximum atomic E-state index is 13.3. The Kier molecular flexibility index (Phi) is 3.12. The summed E-state index contributed by atoms with van der Waals surface area (Å²) in [5.41, 5.74) is 5.92. The molecule has 4 heteroatoms. The normalized spacial score (nSPS) is 17.4. The largest absolute Gasteiger partial charge is 0.330 e. The van der Waals surface area contributed by atoms with Gasteiger partial charge in [0, 0.05) is 18.0 Å². The maximum absolute atomic E-state index is 13.3. The topological polar surface area (TPSA) is 26.0 Å². The quantitative estimate of drug-likeness (QED) is 0.812. The van der Waals surface area contributed by atoms with Crippen LogP contribution in [0.5, 0.6) is 0 Å². The monoisotopic (exact) mass is 219 g/mol. The second-order valence-corrected chi connectivity index (χ2v) is 3.61. The van der Waals surface area contributed by atoms with E-state index in [1.54, 1.807) is 0 Å². The summed E-state index contributed by atoms with van der Waals surface area (Å²) >= 11 is 0. The molecule has 14 heavy (non-hydrogen) atoms. The summed E-state index contributed by atoms with van der Waals surface area (Å²) in [5.74, 6) is -1.00.